The third-order valence-corrected chi connectivity index (χ3v) is 5.27. The van der Waals surface area contributed by atoms with Gasteiger partial charge in [-0.3, -0.25) is 9.78 Å². The fourth-order valence-electron chi connectivity index (χ4n) is 3.41. The summed E-state index contributed by atoms with van der Waals surface area (Å²) in [5, 5.41) is 0. The van der Waals surface area contributed by atoms with E-state index in [2.05, 4.69) is 24.1 Å². The summed E-state index contributed by atoms with van der Waals surface area (Å²) in [7, 11) is 0. The van der Waals surface area contributed by atoms with Gasteiger partial charge in [-0.1, -0.05) is 89.4 Å². The quantitative estimate of drug-likeness (QED) is 0.134. The summed E-state index contributed by atoms with van der Waals surface area (Å²) >= 11 is 0. The lowest BCUT2D eigenvalue weighted by Crippen LogP contribution is -2.04. The molecule has 0 atom stereocenters. The molecule has 1 heterocycles. The molecule has 0 spiro atoms. The first kappa shape index (κ1) is 25.4. The van der Waals surface area contributed by atoms with Crippen LogP contribution >= 0.6 is 0 Å². The van der Waals surface area contributed by atoms with Crippen molar-refractivity contribution in [3.05, 3.63) is 42.2 Å². The lowest BCUT2D eigenvalue weighted by molar-refractivity contribution is -0.145. The maximum absolute atomic E-state index is 11.7. The van der Waals surface area contributed by atoms with Gasteiger partial charge in [0.05, 0.1) is 0 Å². The molecule has 1 aromatic heterocycles. The van der Waals surface area contributed by atoms with Crippen molar-refractivity contribution in [1.82, 2.24) is 4.98 Å². The van der Waals surface area contributed by atoms with Gasteiger partial charge in [0, 0.05) is 24.4 Å². The monoisotopic (exact) mass is 401 g/mol. The van der Waals surface area contributed by atoms with E-state index in [0.29, 0.717) is 13.0 Å². The molecule has 0 radical (unpaired) electrons. The van der Waals surface area contributed by atoms with Crippen molar-refractivity contribution in [2.45, 2.75) is 116 Å². The third-order valence-electron chi connectivity index (χ3n) is 5.27. The van der Waals surface area contributed by atoms with Gasteiger partial charge in [0.15, 0.2) is 0 Å². The predicted octanol–water partition coefficient (Wildman–Crippen LogP) is 7.94. The van der Waals surface area contributed by atoms with Gasteiger partial charge in [0.25, 0.3) is 0 Å². The number of esters is 1. The van der Waals surface area contributed by atoms with Crippen molar-refractivity contribution in [2.24, 2.45) is 0 Å². The van der Waals surface area contributed by atoms with E-state index in [-0.39, 0.29) is 5.97 Å². The molecule has 0 N–H and O–H groups in total. The van der Waals surface area contributed by atoms with Crippen molar-refractivity contribution in [3.63, 3.8) is 0 Å². The van der Waals surface area contributed by atoms with Crippen molar-refractivity contribution in [2.75, 3.05) is 0 Å². The van der Waals surface area contributed by atoms with E-state index in [1.165, 1.54) is 70.6 Å². The third kappa shape index (κ3) is 17.0. The first-order valence-corrected chi connectivity index (χ1v) is 12.0. The summed E-state index contributed by atoms with van der Waals surface area (Å²) in [4.78, 5) is 15.7. The van der Waals surface area contributed by atoms with Gasteiger partial charge in [-0.15, -0.1) is 0 Å². The van der Waals surface area contributed by atoms with Crippen molar-refractivity contribution >= 4 is 5.97 Å². The van der Waals surface area contributed by atoms with E-state index >= 15 is 0 Å². The normalized spacial score (nSPS) is 11.2. The molecular formula is C26H43NO2. The van der Waals surface area contributed by atoms with Crippen LogP contribution in [0.2, 0.25) is 0 Å². The average Bonchev–Trinajstić information content (AvgIpc) is 2.75. The summed E-state index contributed by atoms with van der Waals surface area (Å²) in [6.07, 6.45) is 28.1. The maximum Gasteiger partial charge on any atom is 0.306 e. The molecule has 1 aromatic rings. The van der Waals surface area contributed by atoms with Gasteiger partial charge in [0.1, 0.15) is 6.61 Å². The Kier molecular flexibility index (Phi) is 17.2. The fraction of sp³-hybridized carbons (Fsp3) is 0.692. The number of carbonyl (C=O) groups is 1. The van der Waals surface area contributed by atoms with Crippen molar-refractivity contribution < 1.29 is 9.53 Å². The number of carbonyl (C=O) groups excluding carboxylic acids is 1. The van der Waals surface area contributed by atoms with Gasteiger partial charge in [0.2, 0.25) is 0 Å². The largest absolute Gasteiger partial charge is 0.461 e. The minimum atomic E-state index is -0.106. The number of hydrogen-bond donors (Lipinski definition) is 0. The number of allylic oxidation sites excluding steroid dienone is 2. The highest BCUT2D eigenvalue weighted by Gasteiger charge is 2.03. The van der Waals surface area contributed by atoms with Gasteiger partial charge >= 0.3 is 5.97 Å². The smallest absolute Gasteiger partial charge is 0.306 e. The molecule has 3 nitrogen and oxygen atoms in total. The van der Waals surface area contributed by atoms with Crippen molar-refractivity contribution in [1.29, 1.82) is 0 Å². The minimum absolute atomic E-state index is 0.106. The molecule has 0 saturated carbocycles. The molecule has 0 unspecified atom stereocenters. The van der Waals surface area contributed by atoms with Crippen molar-refractivity contribution in [3.8, 4) is 0 Å². The Bertz CT molecular complexity index is 513. The van der Waals surface area contributed by atoms with E-state index in [1.54, 1.807) is 12.4 Å². The van der Waals surface area contributed by atoms with Crippen LogP contribution in [-0.4, -0.2) is 11.0 Å². The first-order chi connectivity index (χ1) is 14.3. The predicted molar refractivity (Wildman–Crippen MR) is 123 cm³/mol. The van der Waals surface area contributed by atoms with E-state index in [0.717, 1.165) is 31.2 Å². The standard InChI is InChI=1S/C26H43NO2/c1-2-3-4-5-6-7-8-9-10-11-12-13-14-15-16-17-18-21-26(28)29-24-25-20-19-22-27-23-25/h13-14,19-20,22-23H,2-12,15-18,21,24H2,1H3/b14-13-. The lowest BCUT2D eigenvalue weighted by atomic mass is 10.1. The van der Waals surface area contributed by atoms with Gasteiger partial charge in [-0.2, -0.15) is 0 Å². The van der Waals surface area contributed by atoms with Crippen LogP contribution in [0.5, 0.6) is 0 Å². The number of unbranched alkanes of at least 4 members (excludes halogenated alkanes) is 13. The number of pyridine rings is 1. The molecule has 29 heavy (non-hydrogen) atoms. The Morgan fingerprint density at radius 1 is 0.862 bits per heavy atom. The summed E-state index contributed by atoms with van der Waals surface area (Å²) in [5.74, 6) is -0.106. The summed E-state index contributed by atoms with van der Waals surface area (Å²) in [6, 6.07) is 3.77. The molecule has 0 aliphatic heterocycles. The number of aromatic nitrogens is 1. The number of hydrogen-bond acceptors (Lipinski definition) is 3. The summed E-state index contributed by atoms with van der Waals surface area (Å²) in [5.41, 5.74) is 0.938. The molecule has 0 saturated heterocycles. The molecule has 0 fully saturated rings. The first-order valence-electron chi connectivity index (χ1n) is 12.0. The molecule has 3 heteroatoms. The van der Waals surface area contributed by atoms with Gasteiger partial charge in [-0.05, 0) is 38.2 Å². The highest BCUT2D eigenvalue weighted by Crippen LogP contribution is 2.12. The second-order valence-electron chi connectivity index (χ2n) is 8.06. The Hall–Kier alpha value is -1.64. The lowest BCUT2D eigenvalue weighted by Gasteiger charge is -2.04. The minimum Gasteiger partial charge on any atom is -0.461 e. The molecule has 0 aliphatic carbocycles. The fourth-order valence-corrected chi connectivity index (χ4v) is 3.41. The van der Waals surface area contributed by atoms with Gasteiger partial charge < -0.3 is 4.74 Å². The second-order valence-corrected chi connectivity index (χ2v) is 8.06. The molecular weight excluding hydrogens is 358 g/mol. The summed E-state index contributed by atoms with van der Waals surface area (Å²) in [6.45, 7) is 2.61. The molecule has 0 amide bonds. The molecule has 164 valence electrons. The zero-order chi connectivity index (χ0) is 20.8. The Morgan fingerprint density at radius 3 is 2.03 bits per heavy atom. The second kappa shape index (κ2) is 19.7. The number of ether oxygens (including phenoxy) is 1. The zero-order valence-corrected chi connectivity index (χ0v) is 18.7. The average molecular weight is 402 g/mol. The van der Waals surface area contributed by atoms with Crippen LogP contribution in [0.15, 0.2) is 36.7 Å². The summed E-state index contributed by atoms with van der Waals surface area (Å²) < 4.78 is 5.26. The van der Waals surface area contributed by atoms with Crippen LogP contribution in [0, 0.1) is 0 Å². The number of rotatable bonds is 19. The van der Waals surface area contributed by atoms with E-state index < -0.39 is 0 Å². The van der Waals surface area contributed by atoms with Crippen LogP contribution in [0.25, 0.3) is 0 Å². The van der Waals surface area contributed by atoms with Gasteiger partial charge in [-0.25, -0.2) is 0 Å². The van der Waals surface area contributed by atoms with E-state index in [9.17, 15) is 4.79 Å². The van der Waals surface area contributed by atoms with Crippen LogP contribution in [0.3, 0.4) is 0 Å². The van der Waals surface area contributed by atoms with Crippen LogP contribution < -0.4 is 0 Å². The van der Waals surface area contributed by atoms with Crippen LogP contribution in [0.4, 0.5) is 0 Å². The maximum atomic E-state index is 11.7. The Balaban J connectivity index is 1.79. The topological polar surface area (TPSA) is 39.2 Å². The van der Waals surface area contributed by atoms with E-state index in [4.69, 9.17) is 4.74 Å². The van der Waals surface area contributed by atoms with Crippen LogP contribution in [0.1, 0.15) is 115 Å². The highest BCUT2D eigenvalue weighted by atomic mass is 16.5. The van der Waals surface area contributed by atoms with Crippen LogP contribution in [-0.2, 0) is 16.1 Å². The molecule has 0 aliphatic rings. The molecule has 1 rings (SSSR count). The van der Waals surface area contributed by atoms with E-state index in [1.807, 2.05) is 12.1 Å². The molecule has 0 aromatic carbocycles. The molecule has 0 bridgehead atoms. The Labute approximate surface area is 179 Å². The number of nitrogens with zero attached hydrogens (tertiary/aromatic N) is 1. The highest BCUT2D eigenvalue weighted by molar-refractivity contribution is 5.69. The zero-order valence-electron chi connectivity index (χ0n) is 18.7. The SMILES string of the molecule is CCCCCCCCCCCC/C=C\CCCCCC(=O)OCc1cccnc1. The Morgan fingerprint density at radius 2 is 1.45 bits per heavy atom.